The van der Waals surface area contributed by atoms with Crippen molar-refractivity contribution in [3.05, 3.63) is 29.6 Å². The summed E-state index contributed by atoms with van der Waals surface area (Å²) in [6.07, 6.45) is 3.13. The van der Waals surface area contributed by atoms with Crippen molar-refractivity contribution in [2.75, 3.05) is 4.72 Å². The molecule has 0 atom stereocenters. The second kappa shape index (κ2) is 5.24. The molecule has 6 heteroatoms. The molecule has 1 aromatic carbocycles. The normalized spacial score (nSPS) is 17.0. The number of sulfonamides is 1. The summed E-state index contributed by atoms with van der Waals surface area (Å²) in [5.74, 6) is -0.584. The maximum atomic E-state index is 13.7. The van der Waals surface area contributed by atoms with Crippen molar-refractivity contribution < 1.29 is 12.8 Å². The third-order valence-electron chi connectivity index (χ3n) is 3.26. The van der Waals surface area contributed by atoms with Gasteiger partial charge < -0.3 is 5.73 Å². The van der Waals surface area contributed by atoms with E-state index in [0.717, 1.165) is 12.8 Å². The molecule has 0 aromatic heterocycles. The molecule has 1 aromatic rings. The van der Waals surface area contributed by atoms with Crippen LogP contribution in [0.2, 0.25) is 0 Å². The van der Waals surface area contributed by atoms with Gasteiger partial charge in [-0.2, -0.15) is 0 Å². The highest BCUT2D eigenvalue weighted by Crippen LogP contribution is 2.27. The highest BCUT2D eigenvalue weighted by Gasteiger charge is 2.29. The van der Waals surface area contributed by atoms with E-state index in [-0.39, 0.29) is 12.2 Å². The second-order valence-corrected chi connectivity index (χ2v) is 6.53. The summed E-state index contributed by atoms with van der Waals surface area (Å²) in [5.41, 5.74) is 6.02. The summed E-state index contributed by atoms with van der Waals surface area (Å²) < 4.78 is 40.0. The van der Waals surface area contributed by atoms with E-state index in [9.17, 15) is 12.8 Å². The van der Waals surface area contributed by atoms with Crippen molar-refractivity contribution in [2.24, 2.45) is 5.73 Å². The topological polar surface area (TPSA) is 72.2 Å². The molecular formula is C12H17FN2O2S. The van der Waals surface area contributed by atoms with Crippen LogP contribution in [0, 0.1) is 5.82 Å². The zero-order chi connectivity index (χ0) is 13.2. The molecule has 4 nitrogen and oxygen atoms in total. The van der Waals surface area contributed by atoms with E-state index < -0.39 is 21.1 Å². The van der Waals surface area contributed by atoms with Crippen molar-refractivity contribution in [2.45, 2.75) is 37.5 Å². The fourth-order valence-electron chi connectivity index (χ4n) is 2.20. The van der Waals surface area contributed by atoms with Crippen molar-refractivity contribution in [3.63, 3.8) is 0 Å². The summed E-state index contributed by atoms with van der Waals surface area (Å²) in [4.78, 5) is 0. The first-order valence-corrected chi connectivity index (χ1v) is 7.57. The Morgan fingerprint density at radius 3 is 2.56 bits per heavy atom. The maximum absolute atomic E-state index is 13.7. The van der Waals surface area contributed by atoms with Gasteiger partial charge in [-0.3, -0.25) is 4.72 Å². The highest BCUT2D eigenvalue weighted by molar-refractivity contribution is 7.93. The lowest BCUT2D eigenvalue weighted by atomic mass is 10.2. The third kappa shape index (κ3) is 2.81. The van der Waals surface area contributed by atoms with E-state index in [1.165, 1.54) is 12.1 Å². The van der Waals surface area contributed by atoms with Crippen LogP contribution in [-0.4, -0.2) is 13.7 Å². The second-order valence-electron chi connectivity index (χ2n) is 4.57. The Kier molecular flexibility index (Phi) is 3.87. The molecule has 0 spiro atoms. The standard InChI is InChI=1S/C12H17FN2O2S/c13-11-7-9(8-14)5-6-12(11)15-18(16,17)10-3-1-2-4-10/h5-7,10,15H,1-4,8,14H2. The zero-order valence-corrected chi connectivity index (χ0v) is 10.8. The average molecular weight is 272 g/mol. The third-order valence-corrected chi connectivity index (χ3v) is 5.12. The van der Waals surface area contributed by atoms with Gasteiger partial charge in [0.15, 0.2) is 0 Å². The van der Waals surface area contributed by atoms with Crippen LogP contribution >= 0.6 is 0 Å². The molecule has 0 radical (unpaired) electrons. The Morgan fingerprint density at radius 2 is 2.00 bits per heavy atom. The summed E-state index contributed by atoms with van der Waals surface area (Å²) in [6.45, 7) is 0.229. The Morgan fingerprint density at radius 1 is 1.33 bits per heavy atom. The van der Waals surface area contributed by atoms with Gasteiger partial charge in [0.25, 0.3) is 0 Å². The van der Waals surface area contributed by atoms with E-state index in [2.05, 4.69) is 4.72 Å². The minimum atomic E-state index is -3.48. The summed E-state index contributed by atoms with van der Waals surface area (Å²) >= 11 is 0. The van der Waals surface area contributed by atoms with Crippen molar-refractivity contribution in [1.29, 1.82) is 0 Å². The van der Waals surface area contributed by atoms with Gasteiger partial charge in [-0.1, -0.05) is 18.9 Å². The molecule has 0 saturated heterocycles. The lowest BCUT2D eigenvalue weighted by Gasteiger charge is -2.14. The quantitative estimate of drug-likeness (QED) is 0.880. The molecule has 3 N–H and O–H groups in total. The van der Waals surface area contributed by atoms with Crippen LogP contribution < -0.4 is 10.5 Å². The smallest absolute Gasteiger partial charge is 0.235 e. The first kappa shape index (κ1) is 13.3. The fraction of sp³-hybridized carbons (Fsp3) is 0.500. The number of benzene rings is 1. The van der Waals surface area contributed by atoms with Crippen LogP contribution in [0.25, 0.3) is 0 Å². The Labute approximate surface area is 106 Å². The van der Waals surface area contributed by atoms with Crippen LogP contribution in [0.1, 0.15) is 31.2 Å². The molecule has 0 amide bonds. The number of halogens is 1. The van der Waals surface area contributed by atoms with Crippen LogP contribution in [-0.2, 0) is 16.6 Å². The molecule has 1 aliphatic rings. The summed E-state index contributed by atoms with van der Waals surface area (Å²) in [5, 5.41) is -0.397. The lowest BCUT2D eigenvalue weighted by Crippen LogP contribution is -2.25. The molecule has 100 valence electrons. The molecule has 1 saturated carbocycles. The molecular weight excluding hydrogens is 255 g/mol. The van der Waals surface area contributed by atoms with Gasteiger partial charge in [0, 0.05) is 6.54 Å². The number of hydrogen-bond acceptors (Lipinski definition) is 3. The van der Waals surface area contributed by atoms with Crippen molar-refractivity contribution in [3.8, 4) is 0 Å². The number of rotatable bonds is 4. The van der Waals surface area contributed by atoms with E-state index in [1.807, 2.05) is 0 Å². The molecule has 0 unspecified atom stereocenters. The van der Waals surface area contributed by atoms with E-state index in [1.54, 1.807) is 6.07 Å². The van der Waals surface area contributed by atoms with Gasteiger partial charge in [-0.05, 0) is 30.5 Å². The molecule has 1 fully saturated rings. The fourth-order valence-corrected chi connectivity index (χ4v) is 3.80. The van der Waals surface area contributed by atoms with Gasteiger partial charge in [0.2, 0.25) is 10.0 Å². The molecule has 18 heavy (non-hydrogen) atoms. The molecule has 0 heterocycles. The molecule has 1 aliphatic carbocycles. The van der Waals surface area contributed by atoms with Crippen LogP contribution in [0.5, 0.6) is 0 Å². The van der Waals surface area contributed by atoms with Gasteiger partial charge >= 0.3 is 0 Å². The van der Waals surface area contributed by atoms with E-state index >= 15 is 0 Å². The lowest BCUT2D eigenvalue weighted by molar-refractivity contribution is 0.583. The maximum Gasteiger partial charge on any atom is 0.235 e. The Bertz CT molecular complexity index is 525. The van der Waals surface area contributed by atoms with Crippen molar-refractivity contribution >= 4 is 15.7 Å². The minimum absolute atomic E-state index is 0.000833. The van der Waals surface area contributed by atoms with E-state index in [4.69, 9.17) is 5.73 Å². The van der Waals surface area contributed by atoms with Gasteiger partial charge in [0.05, 0.1) is 10.9 Å². The number of anilines is 1. The van der Waals surface area contributed by atoms with Gasteiger partial charge in [-0.25, -0.2) is 12.8 Å². The number of nitrogens with two attached hydrogens (primary N) is 1. The first-order chi connectivity index (χ1) is 8.53. The first-order valence-electron chi connectivity index (χ1n) is 6.03. The van der Waals surface area contributed by atoms with Crippen LogP contribution in [0.15, 0.2) is 18.2 Å². The monoisotopic (exact) mass is 272 g/mol. The predicted molar refractivity (Wildman–Crippen MR) is 69.1 cm³/mol. The zero-order valence-electron chi connectivity index (χ0n) is 10.0. The molecule has 0 bridgehead atoms. The largest absolute Gasteiger partial charge is 0.326 e. The Hall–Kier alpha value is -1.14. The highest BCUT2D eigenvalue weighted by atomic mass is 32.2. The molecule has 0 aliphatic heterocycles. The Balaban J connectivity index is 2.18. The summed E-state index contributed by atoms with van der Waals surface area (Å²) in [6, 6.07) is 4.30. The molecule has 2 rings (SSSR count). The van der Waals surface area contributed by atoms with Crippen LogP contribution in [0.3, 0.4) is 0 Å². The van der Waals surface area contributed by atoms with Gasteiger partial charge in [0.1, 0.15) is 5.82 Å². The van der Waals surface area contributed by atoms with Crippen molar-refractivity contribution in [1.82, 2.24) is 0 Å². The SMILES string of the molecule is NCc1ccc(NS(=O)(=O)C2CCCC2)c(F)c1. The number of hydrogen-bond donors (Lipinski definition) is 2. The summed E-state index contributed by atoms with van der Waals surface area (Å²) in [7, 11) is -3.48. The minimum Gasteiger partial charge on any atom is -0.326 e. The van der Waals surface area contributed by atoms with Gasteiger partial charge in [-0.15, -0.1) is 0 Å². The predicted octanol–water partition coefficient (Wildman–Crippen LogP) is 1.97. The average Bonchev–Trinajstić information content (AvgIpc) is 2.86. The number of nitrogens with one attached hydrogen (secondary N) is 1. The van der Waals surface area contributed by atoms with E-state index in [0.29, 0.717) is 18.4 Å². The van der Waals surface area contributed by atoms with Crippen LogP contribution in [0.4, 0.5) is 10.1 Å².